The molecule has 0 spiro atoms. The van der Waals surface area contributed by atoms with Crippen LogP contribution in [-0.2, 0) is 6.42 Å². The van der Waals surface area contributed by atoms with Crippen molar-refractivity contribution >= 4 is 0 Å². The first-order valence-electron chi connectivity index (χ1n) is 5.32. The fourth-order valence-electron chi connectivity index (χ4n) is 1.45. The molecule has 0 bridgehead atoms. The van der Waals surface area contributed by atoms with Gasteiger partial charge in [-0.15, -0.1) is 0 Å². The van der Waals surface area contributed by atoms with Gasteiger partial charge < -0.3 is 15.6 Å². The molecule has 0 heterocycles. The molecule has 0 aliphatic rings. The number of aromatic hydroxyl groups is 1. The molecule has 3 nitrogen and oxygen atoms in total. The zero-order valence-corrected chi connectivity index (χ0v) is 9.36. The molecule has 0 aromatic heterocycles. The van der Waals surface area contributed by atoms with Crippen LogP contribution >= 0.6 is 0 Å². The summed E-state index contributed by atoms with van der Waals surface area (Å²) in [5.74, 6) is 1.06. The van der Waals surface area contributed by atoms with Gasteiger partial charge >= 0.3 is 0 Å². The minimum absolute atomic E-state index is 0.114. The van der Waals surface area contributed by atoms with Crippen LogP contribution in [0.3, 0.4) is 0 Å². The Morgan fingerprint density at radius 1 is 1.40 bits per heavy atom. The smallest absolute Gasteiger partial charge is 0.126 e. The zero-order chi connectivity index (χ0) is 11.3. The number of hydrogen-bond acceptors (Lipinski definition) is 3. The van der Waals surface area contributed by atoms with Crippen LogP contribution in [-0.4, -0.2) is 17.8 Å². The van der Waals surface area contributed by atoms with Gasteiger partial charge in [-0.2, -0.15) is 0 Å². The van der Waals surface area contributed by atoms with Gasteiger partial charge in [0.25, 0.3) is 0 Å². The van der Waals surface area contributed by atoms with Crippen LogP contribution in [0.4, 0.5) is 0 Å². The van der Waals surface area contributed by atoms with Crippen LogP contribution in [0.15, 0.2) is 18.2 Å². The minimum Gasteiger partial charge on any atom is -0.508 e. The van der Waals surface area contributed by atoms with Crippen LogP contribution in [0.2, 0.25) is 0 Å². The van der Waals surface area contributed by atoms with Gasteiger partial charge in [0.05, 0.1) is 6.10 Å². The Labute approximate surface area is 90.9 Å². The van der Waals surface area contributed by atoms with E-state index < -0.39 is 0 Å². The highest BCUT2D eigenvalue weighted by Gasteiger charge is 2.09. The summed E-state index contributed by atoms with van der Waals surface area (Å²) in [5.41, 5.74) is 6.31. The lowest BCUT2D eigenvalue weighted by atomic mass is 10.1. The largest absolute Gasteiger partial charge is 0.508 e. The van der Waals surface area contributed by atoms with Crippen LogP contribution in [0.1, 0.15) is 25.8 Å². The van der Waals surface area contributed by atoms with E-state index >= 15 is 0 Å². The maximum atomic E-state index is 9.71. The summed E-state index contributed by atoms with van der Waals surface area (Å²) in [7, 11) is 0. The number of rotatable bonds is 5. The SMILES string of the molecule is CC(C)Oc1cccc(O)c1CCCN. The number of phenolic OH excluding ortho intramolecular Hbond substituents is 1. The van der Waals surface area contributed by atoms with Crippen molar-refractivity contribution in [3.63, 3.8) is 0 Å². The third-order valence-electron chi connectivity index (χ3n) is 2.10. The predicted octanol–water partition coefficient (Wildman–Crippen LogP) is 2.07. The predicted molar refractivity (Wildman–Crippen MR) is 61.2 cm³/mol. The molecule has 0 amide bonds. The Balaban J connectivity index is 2.87. The van der Waals surface area contributed by atoms with Crippen molar-refractivity contribution in [3.8, 4) is 11.5 Å². The lowest BCUT2D eigenvalue weighted by Gasteiger charge is -2.15. The molecule has 0 saturated carbocycles. The van der Waals surface area contributed by atoms with Crippen molar-refractivity contribution in [2.24, 2.45) is 5.73 Å². The van der Waals surface area contributed by atoms with Gasteiger partial charge in [-0.3, -0.25) is 0 Å². The van der Waals surface area contributed by atoms with E-state index in [1.54, 1.807) is 12.1 Å². The molecule has 84 valence electrons. The Morgan fingerprint density at radius 3 is 2.73 bits per heavy atom. The standard InChI is InChI=1S/C12H19NO2/c1-9(2)15-12-7-3-6-11(14)10(12)5-4-8-13/h3,6-7,9,14H,4-5,8,13H2,1-2H3. The zero-order valence-electron chi connectivity index (χ0n) is 9.36. The van der Waals surface area contributed by atoms with E-state index in [2.05, 4.69) is 0 Å². The van der Waals surface area contributed by atoms with Crippen molar-refractivity contribution in [2.45, 2.75) is 32.8 Å². The van der Waals surface area contributed by atoms with E-state index in [-0.39, 0.29) is 6.10 Å². The van der Waals surface area contributed by atoms with E-state index in [4.69, 9.17) is 10.5 Å². The summed E-state index contributed by atoms with van der Waals surface area (Å²) in [6, 6.07) is 5.35. The lowest BCUT2D eigenvalue weighted by molar-refractivity contribution is 0.238. The maximum absolute atomic E-state index is 9.71. The molecule has 1 rings (SSSR count). The van der Waals surface area contributed by atoms with Crippen LogP contribution in [0.25, 0.3) is 0 Å². The average molecular weight is 209 g/mol. The van der Waals surface area contributed by atoms with Crippen LogP contribution in [0.5, 0.6) is 11.5 Å². The fourth-order valence-corrected chi connectivity index (χ4v) is 1.45. The summed E-state index contributed by atoms with van der Waals surface area (Å²) in [5, 5.41) is 9.71. The van der Waals surface area contributed by atoms with Gasteiger partial charge in [0.1, 0.15) is 11.5 Å². The van der Waals surface area contributed by atoms with Crippen molar-refractivity contribution in [3.05, 3.63) is 23.8 Å². The quantitative estimate of drug-likeness (QED) is 0.780. The van der Waals surface area contributed by atoms with Crippen molar-refractivity contribution < 1.29 is 9.84 Å². The number of benzene rings is 1. The first kappa shape index (κ1) is 11.9. The second-order valence-electron chi connectivity index (χ2n) is 3.81. The summed E-state index contributed by atoms with van der Waals surface area (Å²) in [4.78, 5) is 0. The Morgan fingerprint density at radius 2 is 2.13 bits per heavy atom. The Bertz CT molecular complexity index is 310. The first-order valence-corrected chi connectivity index (χ1v) is 5.32. The summed E-state index contributed by atoms with van der Waals surface area (Å²) < 4.78 is 5.62. The van der Waals surface area contributed by atoms with E-state index in [1.807, 2.05) is 19.9 Å². The molecule has 0 saturated heterocycles. The summed E-state index contributed by atoms with van der Waals surface area (Å²) >= 11 is 0. The number of hydrogen-bond donors (Lipinski definition) is 2. The number of nitrogens with two attached hydrogens (primary N) is 1. The second kappa shape index (κ2) is 5.61. The molecule has 0 radical (unpaired) electrons. The van der Waals surface area contributed by atoms with Gasteiger partial charge in [-0.1, -0.05) is 6.07 Å². The van der Waals surface area contributed by atoms with E-state index in [1.165, 1.54) is 0 Å². The molecular weight excluding hydrogens is 190 g/mol. The normalized spacial score (nSPS) is 10.7. The molecule has 1 aromatic rings. The first-order chi connectivity index (χ1) is 7.15. The highest BCUT2D eigenvalue weighted by molar-refractivity contribution is 5.44. The molecule has 1 aromatic carbocycles. The topological polar surface area (TPSA) is 55.5 Å². The fraction of sp³-hybridized carbons (Fsp3) is 0.500. The van der Waals surface area contributed by atoms with Crippen molar-refractivity contribution in [1.29, 1.82) is 0 Å². The average Bonchev–Trinajstić information content (AvgIpc) is 2.16. The van der Waals surface area contributed by atoms with E-state index in [0.29, 0.717) is 12.3 Å². The Hall–Kier alpha value is -1.22. The molecule has 0 aliphatic carbocycles. The highest BCUT2D eigenvalue weighted by Crippen LogP contribution is 2.29. The van der Waals surface area contributed by atoms with Gasteiger partial charge in [-0.05, 0) is 45.4 Å². The summed E-state index contributed by atoms with van der Waals surface area (Å²) in [6.45, 7) is 4.56. The number of phenols is 1. The molecule has 3 heteroatoms. The number of ether oxygens (including phenoxy) is 1. The molecule has 0 fully saturated rings. The minimum atomic E-state index is 0.114. The third-order valence-corrected chi connectivity index (χ3v) is 2.10. The molecule has 3 N–H and O–H groups in total. The van der Waals surface area contributed by atoms with Gasteiger partial charge in [-0.25, -0.2) is 0 Å². The molecule has 0 unspecified atom stereocenters. The molecular formula is C12H19NO2. The summed E-state index contributed by atoms with van der Waals surface area (Å²) in [6.07, 6.45) is 1.72. The van der Waals surface area contributed by atoms with Crippen LogP contribution < -0.4 is 10.5 Å². The second-order valence-corrected chi connectivity index (χ2v) is 3.81. The van der Waals surface area contributed by atoms with Crippen molar-refractivity contribution in [2.75, 3.05) is 6.54 Å². The van der Waals surface area contributed by atoms with Gasteiger partial charge in [0.15, 0.2) is 0 Å². The molecule has 0 aliphatic heterocycles. The highest BCUT2D eigenvalue weighted by atomic mass is 16.5. The van der Waals surface area contributed by atoms with Gasteiger partial charge in [0.2, 0.25) is 0 Å². The van der Waals surface area contributed by atoms with Gasteiger partial charge in [0, 0.05) is 5.56 Å². The van der Waals surface area contributed by atoms with Crippen LogP contribution in [0, 0.1) is 0 Å². The van der Waals surface area contributed by atoms with E-state index in [0.717, 1.165) is 24.2 Å². The monoisotopic (exact) mass is 209 g/mol. The third kappa shape index (κ3) is 3.44. The maximum Gasteiger partial charge on any atom is 0.126 e. The Kier molecular flexibility index (Phi) is 4.43. The van der Waals surface area contributed by atoms with Crippen molar-refractivity contribution in [1.82, 2.24) is 0 Å². The lowest BCUT2D eigenvalue weighted by Crippen LogP contribution is -2.08. The molecule has 0 atom stereocenters. The van der Waals surface area contributed by atoms with E-state index in [9.17, 15) is 5.11 Å². The molecule has 15 heavy (non-hydrogen) atoms.